The zero-order valence-electron chi connectivity index (χ0n) is 13.8. The van der Waals surface area contributed by atoms with Gasteiger partial charge in [0.2, 0.25) is 5.91 Å². The molecule has 1 saturated heterocycles. The number of likely N-dealkylation sites (tertiary alicyclic amines) is 1. The molecule has 27 heavy (non-hydrogen) atoms. The lowest BCUT2D eigenvalue weighted by Gasteiger charge is -2.19. The Morgan fingerprint density at radius 2 is 2.11 bits per heavy atom. The molecule has 1 fully saturated rings. The molecule has 0 unspecified atom stereocenters. The van der Waals surface area contributed by atoms with Crippen molar-refractivity contribution in [2.75, 3.05) is 13.1 Å². The van der Waals surface area contributed by atoms with Crippen molar-refractivity contribution in [2.45, 2.75) is 18.4 Å². The maximum atomic E-state index is 13.4. The molecule has 3 rings (SSSR count). The number of nitrogens with one attached hydrogen (secondary N) is 1. The fraction of sp³-hybridized carbons (Fsp3) is 0.294. The molecule has 0 bridgehead atoms. The number of amides is 2. The van der Waals surface area contributed by atoms with Gasteiger partial charge in [0.25, 0.3) is 11.8 Å². The minimum Gasteiger partial charge on any atom is -0.342 e. The first-order valence-electron chi connectivity index (χ1n) is 7.86. The highest BCUT2D eigenvalue weighted by Crippen LogP contribution is 2.31. The number of benzene rings is 1. The monoisotopic (exact) mass is 410 g/mol. The van der Waals surface area contributed by atoms with Crippen molar-refractivity contribution >= 4 is 34.8 Å². The average Bonchev–Trinajstić information content (AvgIpc) is 3.24. The fourth-order valence-corrected chi connectivity index (χ4v) is 3.58. The molecule has 10 heteroatoms. The third-order valence-electron chi connectivity index (χ3n) is 3.97. The highest BCUT2D eigenvalue weighted by Gasteiger charge is 2.47. The molecular weight excluding hydrogens is 398 g/mol. The fourth-order valence-electron chi connectivity index (χ4n) is 2.65. The number of alkyl halides is 2. The van der Waals surface area contributed by atoms with Crippen molar-refractivity contribution in [1.29, 1.82) is 5.26 Å². The first-order chi connectivity index (χ1) is 12.8. The van der Waals surface area contributed by atoms with Gasteiger partial charge < -0.3 is 10.2 Å². The number of nitrogens with zero attached hydrogens (tertiary/aromatic N) is 3. The van der Waals surface area contributed by atoms with Crippen LogP contribution in [-0.2, 0) is 4.79 Å². The van der Waals surface area contributed by atoms with Gasteiger partial charge >= 0.3 is 0 Å². The molecular formula is C17H13ClF2N4O2S. The predicted octanol–water partition coefficient (Wildman–Crippen LogP) is 2.95. The van der Waals surface area contributed by atoms with Crippen LogP contribution >= 0.6 is 22.9 Å². The SMILES string of the molecule is N#C[C@@H]1CC(F)(F)CN1C(=O)CNC(=O)c1csc(-c2ccc(Cl)cc2)n1. The predicted molar refractivity (Wildman–Crippen MR) is 95.6 cm³/mol. The van der Waals surface area contributed by atoms with Crippen LogP contribution in [0.3, 0.4) is 0 Å². The number of hydrogen-bond donors (Lipinski definition) is 1. The Kier molecular flexibility index (Phi) is 5.39. The number of carbonyl (C=O) groups is 2. The molecule has 2 amide bonds. The third-order valence-corrected chi connectivity index (χ3v) is 5.11. The first kappa shape index (κ1) is 19.2. The minimum absolute atomic E-state index is 0.112. The number of hydrogen-bond acceptors (Lipinski definition) is 5. The molecule has 0 saturated carbocycles. The summed E-state index contributed by atoms with van der Waals surface area (Å²) in [6.07, 6.45) is -0.695. The summed E-state index contributed by atoms with van der Waals surface area (Å²) in [5.41, 5.74) is 0.900. The maximum absolute atomic E-state index is 13.4. The largest absolute Gasteiger partial charge is 0.342 e. The van der Waals surface area contributed by atoms with Crippen LogP contribution in [0.2, 0.25) is 5.02 Å². The van der Waals surface area contributed by atoms with Crippen molar-refractivity contribution in [3.8, 4) is 16.6 Å². The second kappa shape index (κ2) is 7.58. The van der Waals surface area contributed by atoms with E-state index in [1.54, 1.807) is 30.3 Å². The number of aromatic nitrogens is 1. The van der Waals surface area contributed by atoms with Crippen molar-refractivity contribution in [3.63, 3.8) is 0 Å². The van der Waals surface area contributed by atoms with Crippen LogP contribution in [0.4, 0.5) is 8.78 Å². The van der Waals surface area contributed by atoms with E-state index in [0.29, 0.717) is 10.0 Å². The van der Waals surface area contributed by atoms with Gasteiger partial charge in [-0.05, 0) is 12.1 Å². The minimum atomic E-state index is -3.09. The lowest BCUT2D eigenvalue weighted by atomic mass is 10.2. The molecule has 0 radical (unpaired) electrons. The Bertz CT molecular complexity index is 910. The number of thiazole rings is 1. The second-order valence-electron chi connectivity index (χ2n) is 5.95. The summed E-state index contributed by atoms with van der Waals surface area (Å²) in [6.45, 7) is -1.31. The molecule has 0 spiro atoms. The van der Waals surface area contributed by atoms with Crippen molar-refractivity contribution in [1.82, 2.24) is 15.2 Å². The van der Waals surface area contributed by atoms with Crippen LogP contribution in [0, 0.1) is 11.3 Å². The third kappa shape index (κ3) is 4.40. The summed E-state index contributed by atoms with van der Waals surface area (Å²) < 4.78 is 26.8. The molecule has 2 aromatic rings. The number of rotatable bonds is 4. The standard InChI is InChI=1S/C17H13ClF2N4O2S/c18-11-3-1-10(2-4-11)16-23-13(8-27-16)15(26)22-7-14(25)24-9-17(19,20)5-12(24)6-21/h1-4,8,12H,5,7,9H2,(H,22,26)/t12-/m0/s1. The van der Waals surface area contributed by atoms with Gasteiger partial charge in [-0.1, -0.05) is 23.7 Å². The zero-order chi connectivity index (χ0) is 19.6. The average molecular weight is 411 g/mol. The van der Waals surface area contributed by atoms with Crippen molar-refractivity contribution in [2.24, 2.45) is 0 Å². The smallest absolute Gasteiger partial charge is 0.271 e. The molecule has 6 nitrogen and oxygen atoms in total. The first-order valence-corrected chi connectivity index (χ1v) is 9.11. The van der Waals surface area contributed by atoms with Gasteiger partial charge in [-0.25, -0.2) is 13.8 Å². The van der Waals surface area contributed by atoms with Gasteiger partial charge in [0.1, 0.15) is 16.7 Å². The van der Waals surface area contributed by atoms with E-state index in [9.17, 15) is 18.4 Å². The normalized spacial score (nSPS) is 18.1. The van der Waals surface area contributed by atoms with Crippen LogP contribution < -0.4 is 5.32 Å². The number of carbonyl (C=O) groups excluding carboxylic acids is 2. The summed E-state index contributed by atoms with van der Waals surface area (Å²) in [5.74, 6) is -4.43. The maximum Gasteiger partial charge on any atom is 0.271 e. The van der Waals surface area contributed by atoms with Crippen LogP contribution in [0.15, 0.2) is 29.6 Å². The number of nitriles is 1. The van der Waals surface area contributed by atoms with Crippen LogP contribution in [0.5, 0.6) is 0 Å². The zero-order valence-corrected chi connectivity index (χ0v) is 15.4. The van der Waals surface area contributed by atoms with Crippen LogP contribution in [-0.4, -0.2) is 46.8 Å². The van der Waals surface area contributed by atoms with E-state index in [4.69, 9.17) is 16.9 Å². The molecule has 1 aromatic heterocycles. The lowest BCUT2D eigenvalue weighted by molar-refractivity contribution is -0.131. The molecule has 0 aliphatic carbocycles. The highest BCUT2D eigenvalue weighted by molar-refractivity contribution is 7.13. The Hall–Kier alpha value is -2.57. The second-order valence-corrected chi connectivity index (χ2v) is 7.25. The van der Waals surface area contributed by atoms with E-state index < -0.39 is 43.3 Å². The molecule has 1 aromatic carbocycles. The van der Waals surface area contributed by atoms with E-state index >= 15 is 0 Å². The topological polar surface area (TPSA) is 86.1 Å². The van der Waals surface area contributed by atoms with Gasteiger partial charge in [-0.15, -0.1) is 11.3 Å². The Morgan fingerprint density at radius 1 is 1.41 bits per heavy atom. The lowest BCUT2D eigenvalue weighted by Crippen LogP contribution is -2.43. The van der Waals surface area contributed by atoms with Crippen LogP contribution in [0.1, 0.15) is 16.9 Å². The van der Waals surface area contributed by atoms with Crippen molar-refractivity contribution in [3.05, 3.63) is 40.4 Å². The molecule has 1 aliphatic rings. The van der Waals surface area contributed by atoms with Crippen LogP contribution in [0.25, 0.3) is 10.6 Å². The summed E-state index contributed by atoms with van der Waals surface area (Å²) in [4.78, 5) is 29.3. The van der Waals surface area contributed by atoms with E-state index in [-0.39, 0.29) is 5.69 Å². The van der Waals surface area contributed by atoms with E-state index in [1.807, 2.05) is 0 Å². The van der Waals surface area contributed by atoms with E-state index in [2.05, 4.69) is 10.3 Å². The molecule has 140 valence electrons. The quantitative estimate of drug-likeness (QED) is 0.839. The highest BCUT2D eigenvalue weighted by atomic mass is 35.5. The summed E-state index contributed by atoms with van der Waals surface area (Å²) >= 11 is 7.08. The molecule has 1 N–H and O–H groups in total. The summed E-state index contributed by atoms with van der Waals surface area (Å²) in [6, 6.07) is 7.43. The molecule has 1 aliphatic heterocycles. The summed E-state index contributed by atoms with van der Waals surface area (Å²) in [5, 5.41) is 14.0. The molecule has 2 heterocycles. The number of halogens is 3. The molecule has 1 atom stereocenters. The van der Waals surface area contributed by atoms with Gasteiger partial charge in [0.15, 0.2) is 0 Å². The Morgan fingerprint density at radius 3 is 2.78 bits per heavy atom. The van der Waals surface area contributed by atoms with Gasteiger partial charge in [0.05, 0.1) is 19.2 Å². The summed E-state index contributed by atoms with van der Waals surface area (Å²) in [7, 11) is 0. The van der Waals surface area contributed by atoms with E-state index in [1.165, 1.54) is 16.7 Å². The van der Waals surface area contributed by atoms with Gasteiger partial charge in [-0.2, -0.15) is 5.26 Å². The Balaban J connectivity index is 1.61. The van der Waals surface area contributed by atoms with Crippen molar-refractivity contribution < 1.29 is 18.4 Å². The Labute approximate surface area is 162 Å². The van der Waals surface area contributed by atoms with Gasteiger partial charge in [-0.3, -0.25) is 9.59 Å². The van der Waals surface area contributed by atoms with E-state index in [0.717, 1.165) is 10.5 Å². The van der Waals surface area contributed by atoms with Gasteiger partial charge in [0, 0.05) is 22.4 Å².